The zero-order chi connectivity index (χ0) is 13.8. The maximum atomic E-state index is 12.2. The van der Waals surface area contributed by atoms with Crippen LogP contribution in [0.25, 0.3) is 0 Å². The molecule has 1 aliphatic rings. The number of benzene rings is 1. The summed E-state index contributed by atoms with van der Waals surface area (Å²) in [5.74, 6) is 0.579. The van der Waals surface area contributed by atoms with Gasteiger partial charge in [-0.05, 0) is 50.7 Å². The Morgan fingerprint density at radius 3 is 2.84 bits per heavy atom. The summed E-state index contributed by atoms with van der Waals surface area (Å²) in [7, 11) is 0. The van der Waals surface area contributed by atoms with E-state index in [4.69, 9.17) is 5.73 Å². The van der Waals surface area contributed by atoms with Crippen LogP contribution in [0.5, 0.6) is 0 Å². The van der Waals surface area contributed by atoms with Crippen LogP contribution >= 0.6 is 0 Å². The summed E-state index contributed by atoms with van der Waals surface area (Å²) in [4.78, 5) is 12.2. The Morgan fingerprint density at radius 2 is 2.16 bits per heavy atom. The van der Waals surface area contributed by atoms with Crippen molar-refractivity contribution < 1.29 is 4.79 Å². The number of carbonyl (C=O) groups excluding carboxylic acids is 1. The van der Waals surface area contributed by atoms with E-state index in [0.717, 1.165) is 30.5 Å². The van der Waals surface area contributed by atoms with Gasteiger partial charge in [0.25, 0.3) is 5.91 Å². The topological polar surface area (TPSA) is 55.1 Å². The molecule has 2 rings (SSSR count). The van der Waals surface area contributed by atoms with Crippen LogP contribution in [0.15, 0.2) is 18.2 Å². The molecule has 0 radical (unpaired) electrons. The standard InChI is InChI=1S/C16H24N2O/c1-11-6-7-15(12(2)8-11)16(19)18-10-13-4-3-5-14(17)9-13/h6-8,13-14H,3-5,9-10,17H2,1-2H3,(H,18,19). The highest BCUT2D eigenvalue weighted by atomic mass is 16.1. The molecule has 1 aliphatic carbocycles. The number of carbonyl (C=O) groups is 1. The molecule has 1 amide bonds. The van der Waals surface area contributed by atoms with E-state index in [1.807, 2.05) is 32.0 Å². The quantitative estimate of drug-likeness (QED) is 0.877. The summed E-state index contributed by atoms with van der Waals surface area (Å²) < 4.78 is 0. The smallest absolute Gasteiger partial charge is 0.251 e. The Labute approximate surface area is 115 Å². The minimum absolute atomic E-state index is 0.0386. The van der Waals surface area contributed by atoms with Gasteiger partial charge in [0.05, 0.1) is 0 Å². The minimum Gasteiger partial charge on any atom is -0.352 e. The number of rotatable bonds is 3. The third-order valence-electron chi connectivity index (χ3n) is 4.00. The van der Waals surface area contributed by atoms with Crippen LogP contribution in [0.2, 0.25) is 0 Å². The molecule has 1 saturated carbocycles. The van der Waals surface area contributed by atoms with Crippen LogP contribution in [0.1, 0.15) is 47.2 Å². The molecule has 2 unspecified atom stereocenters. The Morgan fingerprint density at radius 1 is 1.37 bits per heavy atom. The van der Waals surface area contributed by atoms with E-state index in [2.05, 4.69) is 5.32 Å². The molecular weight excluding hydrogens is 236 g/mol. The molecule has 0 bridgehead atoms. The molecule has 0 saturated heterocycles. The average molecular weight is 260 g/mol. The van der Waals surface area contributed by atoms with Gasteiger partial charge in [0.2, 0.25) is 0 Å². The highest BCUT2D eigenvalue weighted by molar-refractivity contribution is 5.95. The van der Waals surface area contributed by atoms with Crippen LogP contribution < -0.4 is 11.1 Å². The van der Waals surface area contributed by atoms with Crippen LogP contribution in [-0.4, -0.2) is 18.5 Å². The first kappa shape index (κ1) is 14.1. The number of amides is 1. The van der Waals surface area contributed by atoms with Crippen LogP contribution in [0.4, 0.5) is 0 Å². The van der Waals surface area contributed by atoms with E-state index in [-0.39, 0.29) is 5.91 Å². The molecule has 0 aromatic heterocycles. The molecule has 0 heterocycles. The second-order valence-corrected chi connectivity index (χ2v) is 5.82. The van der Waals surface area contributed by atoms with Crippen LogP contribution in [0.3, 0.4) is 0 Å². The predicted octanol–water partition coefficient (Wildman–Crippen LogP) is 2.55. The van der Waals surface area contributed by atoms with Crippen molar-refractivity contribution in [3.63, 3.8) is 0 Å². The van der Waals surface area contributed by atoms with E-state index >= 15 is 0 Å². The van der Waals surface area contributed by atoms with Gasteiger partial charge in [-0.25, -0.2) is 0 Å². The fourth-order valence-electron chi connectivity index (χ4n) is 2.92. The molecule has 104 valence electrons. The lowest BCUT2D eigenvalue weighted by Gasteiger charge is -2.26. The molecule has 3 heteroatoms. The molecule has 19 heavy (non-hydrogen) atoms. The summed E-state index contributed by atoms with van der Waals surface area (Å²) in [5.41, 5.74) is 8.98. The normalized spacial score (nSPS) is 23.1. The summed E-state index contributed by atoms with van der Waals surface area (Å²) in [6.07, 6.45) is 4.53. The maximum absolute atomic E-state index is 12.2. The highest BCUT2D eigenvalue weighted by Gasteiger charge is 2.20. The van der Waals surface area contributed by atoms with Crippen molar-refractivity contribution in [1.82, 2.24) is 5.32 Å². The van der Waals surface area contributed by atoms with Crippen molar-refractivity contribution in [2.75, 3.05) is 6.54 Å². The number of hydrogen-bond acceptors (Lipinski definition) is 2. The third-order valence-corrected chi connectivity index (χ3v) is 4.00. The number of hydrogen-bond donors (Lipinski definition) is 2. The SMILES string of the molecule is Cc1ccc(C(=O)NCC2CCCC(N)C2)c(C)c1. The molecule has 3 nitrogen and oxygen atoms in total. The monoisotopic (exact) mass is 260 g/mol. The number of nitrogens with one attached hydrogen (secondary N) is 1. The van der Waals surface area contributed by atoms with Crippen molar-refractivity contribution >= 4 is 5.91 Å². The zero-order valence-corrected chi connectivity index (χ0v) is 11.9. The first-order valence-electron chi connectivity index (χ1n) is 7.17. The number of nitrogens with two attached hydrogens (primary N) is 1. The second kappa shape index (κ2) is 6.20. The molecule has 0 aliphatic heterocycles. The fraction of sp³-hybridized carbons (Fsp3) is 0.562. The van der Waals surface area contributed by atoms with Gasteiger partial charge in [0, 0.05) is 18.2 Å². The first-order valence-corrected chi connectivity index (χ1v) is 7.17. The average Bonchev–Trinajstić information content (AvgIpc) is 2.36. The van der Waals surface area contributed by atoms with Crippen LogP contribution in [0, 0.1) is 19.8 Å². The maximum Gasteiger partial charge on any atom is 0.251 e. The van der Waals surface area contributed by atoms with E-state index < -0.39 is 0 Å². The third kappa shape index (κ3) is 3.80. The largest absolute Gasteiger partial charge is 0.352 e. The fourth-order valence-corrected chi connectivity index (χ4v) is 2.92. The van der Waals surface area contributed by atoms with Gasteiger partial charge >= 0.3 is 0 Å². The first-order chi connectivity index (χ1) is 9.06. The molecule has 3 N–H and O–H groups in total. The minimum atomic E-state index is 0.0386. The van der Waals surface area contributed by atoms with Crippen molar-refractivity contribution in [2.24, 2.45) is 11.7 Å². The van der Waals surface area contributed by atoms with Gasteiger partial charge in [-0.2, -0.15) is 0 Å². The van der Waals surface area contributed by atoms with Crippen molar-refractivity contribution in [3.05, 3.63) is 34.9 Å². The van der Waals surface area contributed by atoms with Crippen molar-refractivity contribution in [2.45, 2.75) is 45.6 Å². The van der Waals surface area contributed by atoms with Crippen LogP contribution in [-0.2, 0) is 0 Å². The van der Waals surface area contributed by atoms with E-state index in [1.54, 1.807) is 0 Å². The molecule has 1 aromatic rings. The van der Waals surface area contributed by atoms with Crippen molar-refractivity contribution in [3.8, 4) is 0 Å². The summed E-state index contributed by atoms with van der Waals surface area (Å²) in [6, 6.07) is 6.26. The van der Waals surface area contributed by atoms with Gasteiger partial charge in [0.15, 0.2) is 0 Å². The summed E-state index contributed by atoms with van der Waals surface area (Å²) >= 11 is 0. The molecule has 1 fully saturated rings. The lowest BCUT2D eigenvalue weighted by molar-refractivity contribution is 0.0942. The molecule has 2 atom stereocenters. The molecule has 0 spiro atoms. The lowest BCUT2D eigenvalue weighted by atomic mass is 9.86. The summed E-state index contributed by atoms with van der Waals surface area (Å²) in [6.45, 7) is 4.77. The Kier molecular flexibility index (Phi) is 4.59. The predicted molar refractivity (Wildman–Crippen MR) is 78.2 cm³/mol. The van der Waals surface area contributed by atoms with E-state index in [0.29, 0.717) is 12.0 Å². The Hall–Kier alpha value is -1.35. The van der Waals surface area contributed by atoms with Gasteiger partial charge in [-0.1, -0.05) is 24.1 Å². The number of aryl methyl sites for hydroxylation is 2. The molecule has 1 aromatic carbocycles. The van der Waals surface area contributed by atoms with Crippen molar-refractivity contribution in [1.29, 1.82) is 0 Å². The van der Waals surface area contributed by atoms with E-state index in [9.17, 15) is 4.79 Å². The summed E-state index contributed by atoms with van der Waals surface area (Å²) in [5, 5.41) is 3.06. The van der Waals surface area contributed by atoms with Gasteiger partial charge < -0.3 is 11.1 Å². The van der Waals surface area contributed by atoms with Gasteiger partial charge in [0.1, 0.15) is 0 Å². The lowest BCUT2D eigenvalue weighted by Crippen LogP contribution is -2.35. The Balaban J connectivity index is 1.90. The second-order valence-electron chi connectivity index (χ2n) is 5.82. The van der Waals surface area contributed by atoms with Gasteiger partial charge in [-0.3, -0.25) is 4.79 Å². The zero-order valence-electron chi connectivity index (χ0n) is 11.9. The highest BCUT2D eigenvalue weighted by Crippen LogP contribution is 2.22. The molecular formula is C16H24N2O. The van der Waals surface area contributed by atoms with Gasteiger partial charge in [-0.15, -0.1) is 0 Å². The Bertz CT molecular complexity index is 456. The van der Waals surface area contributed by atoms with E-state index in [1.165, 1.54) is 18.4 Å².